The van der Waals surface area contributed by atoms with Crippen LogP contribution in [-0.2, 0) is 6.54 Å². The summed E-state index contributed by atoms with van der Waals surface area (Å²) in [4.78, 5) is 7.07. The van der Waals surface area contributed by atoms with E-state index in [1.54, 1.807) is 0 Å². The maximum atomic E-state index is 4.56. The van der Waals surface area contributed by atoms with E-state index in [1.807, 2.05) is 13.1 Å². The molecule has 1 unspecified atom stereocenters. The van der Waals surface area contributed by atoms with Crippen molar-refractivity contribution in [2.24, 2.45) is 0 Å². The first-order valence-electron chi connectivity index (χ1n) is 5.75. The maximum absolute atomic E-state index is 4.56. The molecule has 1 fully saturated rings. The zero-order chi connectivity index (χ0) is 11.4. The molecule has 1 aromatic rings. The summed E-state index contributed by atoms with van der Waals surface area (Å²) in [6.07, 6.45) is 0. The Hall–Kier alpha value is -0.740. The Bertz CT molecular complexity index is 343. The molecule has 1 N–H and O–H groups in total. The molecular weight excluding hydrogens is 218 g/mol. The fourth-order valence-electron chi connectivity index (χ4n) is 1.91. The molecule has 3 nitrogen and oxygen atoms in total. The molecule has 0 amide bonds. The van der Waals surface area contributed by atoms with Gasteiger partial charge in [0, 0.05) is 37.7 Å². The number of aromatic nitrogens is 1. The molecule has 16 heavy (non-hydrogen) atoms. The minimum absolute atomic E-state index is 0.666. The molecule has 0 saturated carbocycles. The molecule has 0 bridgehead atoms. The van der Waals surface area contributed by atoms with E-state index in [9.17, 15) is 0 Å². The standard InChI is InChI=1S/C12H19N3S/c1-10-9-16-7-6-15(10)8-11-4-3-5-12(13-2)14-11/h3-5,10H,6-9H2,1-2H3,(H,13,14). The first kappa shape index (κ1) is 11.7. The average molecular weight is 237 g/mol. The molecule has 0 radical (unpaired) electrons. The Kier molecular flexibility index (Phi) is 4.07. The SMILES string of the molecule is CNc1cccc(CN2CCSCC2C)n1. The van der Waals surface area contributed by atoms with Crippen molar-refractivity contribution in [3.63, 3.8) is 0 Å². The van der Waals surface area contributed by atoms with Gasteiger partial charge in [-0.25, -0.2) is 4.98 Å². The summed E-state index contributed by atoms with van der Waals surface area (Å²) >= 11 is 2.05. The fourth-order valence-corrected chi connectivity index (χ4v) is 2.99. The number of rotatable bonds is 3. The Morgan fingerprint density at radius 2 is 2.44 bits per heavy atom. The fraction of sp³-hybridized carbons (Fsp3) is 0.583. The summed E-state index contributed by atoms with van der Waals surface area (Å²) in [5.41, 5.74) is 1.16. The molecule has 0 aromatic carbocycles. The van der Waals surface area contributed by atoms with Crippen molar-refractivity contribution in [3.05, 3.63) is 23.9 Å². The van der Waals surface area contributed by atoms with Crippen LogP contribution in [0.15, 0.2) is 18.2 Å². The monoisotopic (exact) mass is 237 g/mol. The molecule has 1 aromatic heterocycles. The summed E-state index contributed by atoms with van der Waals surface area (Å²) in [5, 5.41) is 3.08. The average Bonchev–Trinajstić information content (AvgIpc) is 2.32. The van der Waals surface area contributed by atoms with E-state index in [-0.39, 0.29) is 0 Å². The number of nitrogens with one attached hydrogen (secondary N) is 1. The first-order chi connectivity index (χ1) is 7.79. The predicted octanol–water partition coefficient (Wildman–Crippen LogP) is 2.06. The van der Waals surface area contributed by atoms with Gasteiger partial charge in [-0.1, -0.05) is 6.07 Å². The lowest BCUT2D eigenvalue weighted by Gasteiger charge is -2.32. The lowest BCUT2D eigenvalue weighted by atomic mass is 10.2. The van der Waals surface area contributed by atoms with Crippen LogP contribution in [0, 0.1) is 0 Å². The molecule has 4 heteroatoms. The van der Waals surface area contributed by atoms with E-state index in [2.05, 4.69) is 46.0 Å². The van der Waals surface area contributed by atoms with Crippen molar-refractivity contribution in [1.29, 1.82) is 0 Å². The van der Waals surface area contributed by atoms with E-state index in [0.29, 0.717) is 6.04 Å². The highest BCUT2D eigenvalue weighted by Crippen LogP contribution is 2.18. The second kappa shape index (κ2) is 5.55. The third-order valence-electron chi connectivity index (χ3n) is 2.93. The Morgan fingerprint density at radius 1 is 1.56 bits per heavy atom. The number of hydrogen-bond donors (Lipinski definition) is 1. The van der Waals surface area contributed by atoms with Crippen LogP contribution in [0.3, 0.4) is 0 Å². The second-order valence-electron chi connectivity index (χ2n) is 4.16. The molecule has 1 aliphatic heterocycles. The van der Waals surface area contributed by atoms with E-state index in [4.69, 9.17) is 0 Å². The van der Waals surface area contributed by atoms with Crippen LogP contribution < -0.4 is 5.32 Å². The van der Waals surface area contributed by atoms with Gasteiger partial charge < -0.3 is 5.32 Å². The number of pyridine rings is 1. The number of hydrogen-bond acceptors (Lipinski definition) is 4. The van der Waals surface area contributed by atoms with Crippen LogP contribution in [0.2, 0.25) is 0 Å². The topological polar surface area (TPSA) is 28.2 Å². The van der Waals surface area contributed by atoms with E-state index >= 15 is 0 Å². The van der Waals surface area contributed by atoms with Gasteiger partial charge in [0.2, 0.25) is 0 Å². The van der Waals surface area contributed by atoms with Crippen LogP contribution >= 0.6 is 11.8 Å². The van der Waals surface area contributed by atoms with Crippen molar-refractivity contribution in [1.82, 2.24) is 9.88 Å². The summed E-state index contributed by atoms with van der Waals surface area (Å²) in [7, 11) is 1.91. The van der Waals surface area contributed by atoms with Crippen LogP contribution in [-0.4, -0.2) is 41.0 Å². The summed E-state index contributed by atoms with van der Waals surface area (Å²) in [6.45, 7) is 4.45. The van der Waals surface area contributed by atoms with Gasteiger partial charge in [-0.05, 0) is 19.1 Å². The zero-order valence-corrected chi connectivity index (χ0v) is 10.8. The van der Waals surface area contributed by atoms with Gasteiger partial charge in [-0.2, -0.15) is 11.8 Å². The number of nitrogens with zero attached hydrogens (tertiary/aromatic N) is 2. The Morgan fingerprint density at radius 3 is 3.19 bits per heavy atom. The summed E-state index contributed by atoms with van der Waals surface area (Å²) < 4.78 is 0. The molecule has 0 spiro atoms. The highest BCUT2D eigenvalue weighted by molar-refractivity contribution is 7.99. The summed E-state index contributed by atoms with van der Waals surface area (Å²) in [5.74, 6) is 3.44. The maximum Gasteiger partial charge on any atom is 0.126 e. The van der Waals surface area contributed by atoms with Gasteiger partial charge in [0.05, 0.1) is 5.69 Å². The van der Waals surface area contributed by atoms with Crippen molar-refractivity contribution in [2.75, 3.05) is 30.4 Å². The van der Waals surface area contributed by atoms with E-state index in [1.165, 1.54) is 18.1 Å². The smallest absolute Gasteiger partial charge is 0.126 e. The van der Waals surface area contributed by atoms with Gasteiger partial charge in [0.25, 0.3) is 0 Å². The van der Waals surface area contributed by atoms with Crippen molar-refractivity contribution in [3.8, 4) is 0 Å². The second-order valence-corrected chi connectivity index (χ2v) is 5.31. The normalized spacial score (nSPS) is 22.0. The quantitative estimate of drug-likeness (QED) is 0.871. The lowest BCUT2D eigenvalue weighted by Crippen LogP contribution is -2.39. The van der Waals surface area contributed by atoms with Crippen molar-refractivity contribution in [2.45, 2.75) is 19.5 Å². The lowest BCUT2D eigenvalue weighted by molar-refractivity contribution is 0.221. The van der Waals surface area contributed by atoms with Crippen LogP contribution in [0.5, 0.6) is 0 Å². The molecule has 1 aliphatic rings. The van der Waals surface area contributed by atoms with Gasteiger partial charge >= 0.3 is 0 Å². The third kappa shape index (κ3) is 2.89. The Balaban J connectivity index is 2.01. The van der Waals surface area contributed by atoms with Crippen LogP contribution in [0.1, 0.15) is 12.6 Å². The van der Waals surface area contributed by atoms with E-state index < -0.39 is 0 Å². The highest BCUT2D eigenvalue weighted by Gasteiger charge is 2.18. The Labute approximate surface area is 102 Å². The summed E-state index contributed by atoms with van der Waals surface area (Å²) in [6, 6.07) is 6.84. The van der Waals surface area contributed by atoms with Crippen LogP contribution in [0.25, 0.3) is 0 Å². The molecule has 2 heterocycles. The molecule has 1 atom stereocenters. The highest BCUT2D eigenvalue weighted by atomic mass is 32.2. The minimum atomic E-state index is 0.666. The molecule has 88 valence electrons. The molecular formula is C12H19N3S. The van der Waals surface area contributed by atoms with Gasteiger partial charge in [0.1, 0.15) is 5.82 Å². The zero-order valence-electron chi connectivity index (χ0n) is 9.94. The van der Waals surface area contributed by atoms with Gasteiger partial charge in [-0.15, -0.1) is 0 Å². The van der Waals surface area contributed by atoms with Crippen LogP contribution in [0.4, 0.5) is 5.82 Å². The predicted molar refractivity (Wildman–Crippen MR) is 71.0 cm³/mol. The first-order valence-corrected chi connectivity index (χ1v) is 6.90. The largest absolute Gasteiger partial charge is 0.373 e. The van der Waals surface area contributed by atoms with E-state index in [0.717, 1.165) is 18.1 Å². The van der Waals surface area contributed by atoms with Crippen molar-refractivity contribution >= 4 is 17.6 Å². The molecule has 2 rings (SSSR count). The molecule has 0 aliphatic carbocycles. The number of thioether (sulfide) groups is 1. The van der Waals surface area contributed by atoms with Crippen molar-refractivity contribution < 1.29 is 0 Å². The minimum Gasteiger partial charge on any atom is -0.373 e. The van der Waals surface area contributed by atoms with Gasteiger partial charge in [0.15, 0.2) is 0 Å². The van der Waals surface area contributed by atoms with Gasteiger partial charge in [-0.3, -0.25) is 4.90 Å². The molecule has 1 saturated heterocycles. The third-order valence-corrected chi connectivity index (χ3v) is 4.12. The number of anilines is 1.